The molecule has 0 radical (unpaired) electrons. The van der Waals surface area contributed by atoms with Crippen molar-refractivity contribution < 1.29 is 13.7 Å². The first kappa shape index (κ1) is 12.3. The minimum Gasteiger partial charge on any atom is -0.306 e. The van der Waals surface area contributed by atoms with Crippen LogP contribution in [0.15, 0.2) is 23.1 Å². The number of alkyl halides is 2. The van der Waals surface area contributed by atoms with Gasteiger partial charge in [-0.15, -0.1) is 0 Å². The van der Waals surface area contributed by atoms with Crippen LogP contribution in [0, 0.1) is 10.1 Å². The van der Waals surface area contributed by atoms with Gasteiger partial charge in [-0.3, -0.25) is 14.9 Å². The minimum absolute atomic E-state index is 0.291. The highest BCUT2D eigenvalue weighted by atomic mass is 19.3. The Balaban J connectivity index is 3.07. The fraction of sp³-hybridized carbons (Fsp3) is 0.444. The van der Waals surface area contributed by atoms with Crippen molar-refractivity contribution in [2.45, 2.75) is 25.8 Å². The molecule has 1 aromatic heterocycles. The van der Waals surface area contributed by atoms with Crippen LogP contribution < -0.4 is 5.56 Å². The van der Waals surface area contributed by atoms with Gasteiger partial charge in [0.2, 0.25) is 6.43 Å². The molecule has 1 atom stereocenters. The largest absolute Gasteiger partial charge is 0.306 e. The molecule has 88 valence electrons. The van der Waals surface area contributed by atoms with E-state index in [1.54, 1.807) is 0 Å². The highest BCUT2D eigenvalue weighted by molar-refractivity contribution is 5.25. The van der Waals surface area contributed by atoms with Gasteiger partial charge in [0.15, 0.2) is 0 Å². The number of rotatable bonds is 4. The molecule has 0 aliphatic rings. The molecule has 7 heteroatoms. The van der Waals surface area contributed by atoms with Crippen LogP contribution >= 0.6 is 0 Å². The number of aromatic nitrogens is 1. The molecule has 0 amide bonds. The molecule has 0 N–H and O–H groups in total. The van der Waals surface area contributed by atoms with Crippen molar-refractivity contribution in [2.75, 3.05) is 0 Å². The third kappa shape index (κ3) is 2.85. The number of hydrogen-bond acceptors (Lipinski definition) is 3. The van der Waals surface area contributed by atoms with Crippen LogP contribution in [-0.4, -0.2) is 15.9 Å². The van der Waals surface area contributed by atoms with Gasteiger partial charge in [0.1, 0.15) is 0 Å². The van der Waals surface area contributed by atoms with Crippen molar-refractivity contribution in [3.8, 4) is 0 Å². The van der Waals surface area contributed by atoms with Crippen molar-refractivity contribution in [3.05, 3.63) is 38.8 Å². The maximum atomic E-state index is 12.1. The molecule has 0 saturated heterocycles. The summed E-state index contributed by atoms with van der Waals surface area (Å²) in [6.07, 6.45) is -2.09. The van der Waals surface area contributed by atoms with Crippen LogP contribution in [0.4, 0.5) is 14.5 Å². The Labute approximate surface area is 89.5 Å². The number of nitro groups is 1. The predicted octanol–water partition coefficient (Wildman–Crippen LogP) is 1.97. The van der Waals surface area contributed by atoms with Crippen molar-refractivity contribution >= 4 is 5.69 Å². The van der Waals surface area contributed by atoms with E-state index in [-0.39, 0.29) is 5.69 Å². The standard InChI is InChI=1S/C9H10F2N2O3/c1-6(4-8(10)11)12-5-7(13(15)16)2-3-9(12)14/h2-3,5-6,8H,4H2,1H3. The Morgan fingerprint density at radius 1 is 1.50 bits per heavy atom. The summed E-state index contributed by atoms with van der Waals surface area (Å²) >= 11 is 0. The zero-order valence-electron chi connectivity index (χ0n) is 8.47. The van der Waals surface area contributed by atoms with Crippen LogP contribution in [0.3, 0.4) is 0 Å². The van der Waals surface area contributed by atoms with E-state index in [2.05, 4.69) is 0 Å². The Kier molecular flexibility index (Phi) is 3.70. The number of halogens is 2. The van der Waals surface area contributed by atoms with E-state index >= 15 is 0 Å². The summed E-state index contributed by atoms with van der Waals surface area (Å²) in [5, 5.41) is 10.5. The highest BCUT2D eigenvalue weighted by Crippen LogP contribution is 2.16. The molecular weight excluding hydrogens is 222 g/mol. The lowest BCUT2D eigenvalue weighted by molar-refractivity contribution is -0.385. The van der Waals surface area contributed by atoms with Gasteiger partial charge in [-0.2, -0.15) is 0 Å². The Morgan fingerprint density at radius 2 is 2.12 bits per heavy atom. The molecule has 0 saturated carbocycles. The van der Waals surface area contributed by atoms with Gasteiger partial charge >= 0.3 is 0 Å². The zero-order chi connectivity index (χ0) is 12.3. The fourth-order valence-electron chi connectivity index (χ4n) is 1.32. The van der Waals surface area contributed by atoms with E-state index in [9.17, 15) is 23.7 Å². The average molecular weight is 232 g/mol. The molecule has 1 aromatic rings. The normalized spacial score (nSPS) is 12.8. The average Bonchev–Trinajstić information content (AvgIpc) is 2.16. The molecule has 0 spiro atoms. The minimum atomic E-state index is -2.55. The summed E-state index contributed by atoms with van der Waals surface area (Å²) in [4.78, 5) is 21.1. The first-order valence-corrected chi connectivity index (χ1v) is 4.56. The van der Waals surface area contributed by atoms with E-state index in [0.717, 1.165) is 22.9 Å². The molecule has 16 heavy (non-hydrogen) atoms. The SMILES string of the molecule is CC(CC(F)F)n1cc([N+](=O)[O-])ccc1=O. The fourth-order valence-corrected chi connectivity index (χ4v) is 1.32. The summed E-state index contributed by atoms with van der Waals surface area (Å²) < 4.78 is 25.2. The van der Waals surface area contributed by atoms with E-state index in [4.69, 9.17) is 0 Å². The van der Waals surface area contributed by atoms with E-state index < -0.39 is 29.4 Å². The molecule has 1 heterocycles. The van der Waals surface area contributed by atoms with E-state index in [0.29, 0.717) is 0 Å². The monoisotopic (exact) mass is 232 g/mol. The van der Waals surface area contributed by atoms with Crippen molar-refractivity contribution in [3.63, 3.8) is 0 Å². The van der Waals surface area contributed by atoms with Crippen LogP contribution in [0.5, 0.6) is 0 Å². The third-order valence-electron chi connectivity index (χ3n) is 2.13. The van der Waals surface area contributed by atoms with Crippen LogP contribution in [0.1, 0.15) is 19.4 Å². The first-order valence-electron chi connectivity index (χ1n) is 4.56. The lowest BCUT2D eigenvalue weighted by Crippen LogP contribution is -2.23. The zero-order valence-corrected chi connectivity index (χ0v) is 8.47. The van der Waals surface area contributed by atoms with Crippen molar-refractivity contribution in [1.29, 1.82) is 0 Å². The Hall–Kier alpha value is -1.79. The van der Waals surface area contributed by atoms with Gasteiger partial charge < -0.3 is 4.57 Å². The Bertz CT molecular complexity index is 445. The lowest BCUT2D eigenvalue weighted by Gasteiger charge is -2.13. The molecule has 0 aliphatic carbocycles. The number of pyridine rings is 1. The molecule has 1 unspecified atom stereocenters. The van der Waals surface area contributed by atoms with E-state index in [1.807, 2.05) is 0 Å². The van der Waals surface area contributed by atoms with Crippen LogP contribution in [0.2, 0.25) is 0 Å². The lowest BCUT2D eigenvalue weighted by atomic mass is 10.2. The molecule has 0 fully saturated rings. The van der Waals surface area contributed by atoms with Crippen molar-refractivity contribution in [1.82, 2.24) is 4.57 Å². The molecule has 0 bridgehead atoms. The first-order chi connectivity index (χ1) is 7.41. The van der Waals surface area contributed by atoms with E-state index in [1.165, 1.54) is 6.92 Å². The molecule has 0 aromatic carbocycles. The highest BCUT2D eigenvalue weighted by Gasteiger charge is 2.15. The predicted molar refractivity (Wildman–Crippen MR) is 52.7 cm³/mol. The van der Waals surface area contributed by atoms with Crippen molar-refractivity contribution in [2.24, 2.45) is 0 Å². The van der Waals surface area contributed by atoms with Gasteiger partial charge in [-0.05, 0) is 6.92 Å². The molecule has 5 nitrogen and oxygen atoms in total. The molecular formula is C9H10F2N2O3. The third-order valence-corrected chi connectivity index (χ3v) is 2.13. The summed E-state index contributed by atoms with van der Waals surface area (Å²) in [5.41, 5.74) is -0.820. The van der Waals surface area contributed by atoms with Gasteiger partial charge in [0.05, 0.1) is 11.1 Å². The summed E-state index contributed by atoms with van der Waals surface area (Å²) in [5.74, 6) is 0. The maximum Gasteiger partial charge on any atom is 0.285 e. The summed E-state index contributed by atoms with van der Waals surface area (Å²) in [6.45, 7) is 1.41. The second kappa shape index (κ2) is 4.82. The van der Waals surface area contributed by atoms with Gasteiger partial charge in [-0.25, -0.2) is 8.78 Å². The quantitative estimate of drug-likeness (QED) is 0.588. The van der Waals surface area contributed by atoms with Crippen LogP contribution in [-0.2, 0) is 0 Å². The number of hydrogen-bond donors (Lipinski definition) is 0. The Morgan fingerprint density at radius 3 is 2.62 bits per heavy atom. The summed E-state index contributed by atoms with van der Waals surface area (Å²) in [7, 11) is 0. The number of nitrogens with zero attached hydrogens (tertiary/aromatic N) is 2. The smallest absolute Gasteiger partial charge is 0.285 e. The van der Waals surface area contributed by atoms with Gasteiger partial charge in [0, 0.05) is 24.6 Å². The second-order valence-corrected chi connectivity index (χ2v) is 3.37. The maximum absolute atomic E-state index is 12.1. The summed E-state index contributed by atoms with van der Waals surface area (Å²) in [6, 6.07) is 1.28. The van der Waals surface area contributed by atoms with Gasteiger partial charge in [-0.1, -0.05) is 0 Å². The van der Waals surface area contributed by atoms with Crippen LogP contribution in [0.25, 0.3) is 0 Å². The topological polar surface area (TPSA) is 65.1 Å². The molecule has 0 aliphatic heterocycles. The second-order valence-electron chi connectivity index (χ2n) is 3.37. The molecule has 1 rings (SSSR count). The van der Waals surface area contributed by atoms with Gasteiger partial charge in [0.25, 0.3) is 11.2 Å².